The lowest BCUT2D eigenvalue weighted by molar-refractivity contribution is 0.577. The van der Waals surface area contributed by atoms with Crippen molar-refractivity contribution in [1.82, 2.24) is 0 Å². The van der Waals surface area contributed by atoms with Crippen molar-refractivity contribution >= 4 is 15.9 Å². The average molecular weight is 157 g/mol. The fraction of sp³-hybridized carbons (Fsp3) is 0.333. The first-order valence-corrected chi connectivity index (χ1v) is 2.11. The van der Waals surface area contributed by atoms with Crippen LogP contribution in [-0.4, -0.2) is 0 Å². The van der Waals surface area contributed by atoms with E-state index in [4.69, 9.17) is 0 Å². The molecule has 0 amide bonds. The van der Waals surface area contributed by atoms with Crippen molar-refractivity contribution in [1.29, 1.82) is 0 Å². The van der Waals surface area contributed by atoms with Gasteiger partial charge in [-0.05, 0) is 22.9 Å². The normalized spacial score (nSPS) is 14.0. The molecule has 0 aromatic heterocycles. The van der Waals surface area contributed by atoms with Crippen molar-refractivity contribution in [2.75, 3.05) is 0 Å². The fourth-order valence-electron chi connectivity index (χ4n) is 0. The van der Waals surface area contributed by atoms with Gasteiger partial charge >= 0.3 is 0 Å². The quantitative estimate of drug-likeness (QED) is 0.506. The van der Waals surface area contributed by atoms with E-state index in [2.05, 4.69) is 15.9 Å². The fourth-order valence-corrected chi connectivity index (χ4v) is 0. The van der Waals surface area contributed by atoms with Crippen LogP contribution in [0.15, 0.2) is 10.6 Å². The van der Waals surface area contributed by atoms with Gasteiger partial charge in [-0.15, -0.1) is 0 Å². The summed E-state index contributed by atoms with van der Waals surface area (Å²) in [6.45, 7) is 1.03. The van der Waals surface area contributed by atoms with Crippen molar-refractivity contribution < 1.29 is 8.78 Å². The number of halogens is 3. The van der Waals surface area contributed by atoms with Gasteiger partial charge in [-0.25, -0.2) is 4.39 Å². The average Bonchev–Trinajstić information content (AvgIpc) is 1.36. The van der Waals surface area contributed by atoms with Gasteiger partial charge in [0, 0.05) is 0 Å². The monoisotopic (exact) mass is 156 g/mol. The molecule has 36 valence electrons. The van der Waals surface area contributed by atoms with Crippen LogP contribution in [0, 0.1) is 0 Å². The number of hydrogen-bond donors (Lipinski definition) is 0. The smallest absolute Gasteiger partial charge is 0.196 e. The molecule has 0 aliphatic carbocycles. The molecule has 0 bridgehead atoms. The van der Waals surface area contributed by atoms with Gasteiger partial charge in [0.1, 0.15) is 5.83 Å². The SMILES string of the molecule is C/C(F)=C(/F)Br. The van der Waals surface area contributed by atoms with Gasteiger partial charge < -0.3 is 0 Å². The predicted molar refractivity (Wildman–Crippen MR) is 23.8 cm³/mol. The zero-order chi connectivity index (χ0) is 5.15. The summed E-state index contributed by atoms with van der Waals surface area (Å²) in [5, 5.41) is 0. The Hall–Kier alpha value is 0.0800. The van der Waals surface area contributed by atoms with Crippen LogP contribution in [-0.2, 0) is 0 Å². The topological polar surface area (TPSA) is 0 Å². The third kappa shape index (κ3) is 2.33. The van der Waals surface area contributed by atoms with Crippen molar-refractivity contribution in [2.45, 2.75) is 6.92 Å². The molecule has 0 radical (unpaired) electrons. The van der Waals surface area contributed by atoms with Gasteiger partial charge in [0.05, 0.1) is 0 Å². The van der Waals surface area contributed by atoms with Crippen LogP contribution in [0.1, 0.15) is 6.92 Å². The number of hydrogen-bond acceptors (Lipinski definition) is 0. The second-order valence-electron chi connectivity index (χ2n) is 0.794. The highest BCUT2D eigenvalue weighted by molar-refractivity contribution is 9.11. The molecule has 0 aliphatic heterocycles. The van der Waals surface area contributed by atoms with Crippen molar-refractivity contribution in [3.8, 4) is 0 Å². The molecule has 0 atom stereocenters. The zero-order valence-electron chi connectivity index (χ0n) is 3.13. The molecule has 0 nitrogen and oxygen atoms in total. The van der Waals surface area contributed by atoms with Crippen LogP contribution in [0.2, 0.25) is 0 Å². The highest BCUT2D eigenvalue weighted by Crippen LogP contribution is 2.12. The van der Waals surface area contributed by atoms with Crippen LogP contribution in [0.25, 0.3) is 0 Å². The molecular formula is C3H3BrF2. The molecule has 0 heterocycles. The molecule has 0 unspecified atom stereocenters. The second-order valence-corrected chi connectivity index (χ2v) is 1.49. The maximum Gasteiger partial charge on any atom is 0.196 e. The van der Waals surface area contributed by atoms with Crippen molar-refractivity contribution in [3.63, 3.8) is 0 Å². The Labute approximate surface area is 43.0 Å². The zero-order valence-corrected chi connectivity index (χ0v) is 4.72. The first kappa shape index (κ1) is 6.08. The molecule has 0 aliphatic rings. The Morgan fingerprint density at radius 2 is 1.67 bits per heavy atom. The Morgan fingerprint density at radius 1 is 1.50 bits per heavy atom. The van der Waals surface area contributed by atoms with Crippen LogP contribution < -0.4 is 0 Å². The van der Waals surface area contributed by atoms with Gasteiger partial charge in [-0.1, -0.05) is 0 Å². The van der Waals surface area contributed by atoms with E-state index in [1.54, 1.807) is 0 Å². The Kier molecular flexibility index (Phi) is 2.32. The molecule has 0 aromatic carbocycles. The lowest BCUT2D eigenvalue weighted by atomic mass is 10.7. The van der Waals surface area contributed by atoms with Crippen molar-refractivity contribution in [3.05, 3.63) is 10.6 Å². The maximum absolute atomic E-state index is 11.3. The first-order valence-electron chi connectivity index (χ1n) is 1.32. The summed E-state index contributed by atoms with van der Waals surface area (Å²) in [6, 6.07) is 0. The summed E-state index contributed by atoms with van der Waals surface area (Å²) in [5.74, 6) is -0.824. The van der Waals surface area contributed by atoms with E-state index in [9.17, 15) is 8.78 Å². The predicted octanol–water partition coefficient (Wildman–Crippen LogP) is 2.51. The van der Waals surface area contributed by atoms with E-state index < -0.39 is 10.6 Å². The third-order valence-electron chi connectivity index (χ3n) is 0.260. The minimum absolute atomic E-state index is 0.824. The van der Waals surface area contributed by atoms with Gasteiger partial charge in [-0.2, -0.15) is 4.39 Å². The van der Waals surface area contributed by atoms with E-state index in [0.717, 1.165) is 6.92 Å². The van der Waals surface area contributed by atoms with E-state index in [0.29, 0.717) is 0 Å². The van der Waals surface area contributed by atoms with E-state index in [1.807, 2.05) is 0 Å². The lowest BCUT2D eigenvalue weighted by Crippen LogP contribution is -1.56. The molecule has 0 rings (SSSR count). The molecule has 3 heteroatoms. The van der Waals surface area contributed by atoms with E-state index in [1.165, 1.54) is 0 Å². The standard InChI is InChI=1S/C3H3BrF2/c1-2(5)3(4)6/h1H3/b3-2-. The summed E-state index contributed by atoms with van der Waals surface area (Å²) in [4.78, 5) is 0. The summed E-state index contributed by atoms with van der Waals surface area (Å²) in [5.41, 5.74) is 0. The Balaban J connectivity index is 3.68. The molecule has 0 saturated heterocycles. The first-order chi connectivity index (χ1) is 2.64. The van der Waals surface area contributed by atoms with Gasteiger partial charge in [-0.3, -0.25) is 0 Å². The Bertz CT molecular complexity index is 58.9. The second kappa shape index (κ2) is 2.29. The molecule has 6 heavy (non-hydrogen) atoms. The molecule has 0 saturated carbocycles. The number of rotatable bonds is 0. The lowest BCUT2D eigenvalue weighted by Gasteiger charge is -1.76. The molecule has 0 spiro atoms. The van der Waals surface area contributed by atoms with Gasteiger partial charge in [0.25, 0.3) is 0 Å². The van der Waals surface area contributed by atoms with Gasteiger partial charge in [0.15, 0.2) is 4.74 Å². The minimum atomic E-state index is -0.928. The molecular weight excluding hydrogens is 154 g/mol. The van der Waals surface area contributed by atoms with Crippen LogP contribution in [0.5, 0.6) is 0 Å². The van der Waals surface area contributed by atoms with E-state index >= 15 is 0 Å². The van der Waals surface area contributed by atoms with Crippen molar-refractivity contribution in [2.24, 2.45) is 0 Å². The number of allylic oxidation sites excluding steroid dienone is 1. The molecule has 0 fully saturated rings. The van der Waals surface area contributed by atoms with E-state index in [-0.39, 0.29) is 0 Å². The highest BCUT2D eigenvalue weighted by atomic mass is 79.9. The molecule has 0 N–H and O–H groups in total. The minimum Gasteiger partial charge on any atom is -0.208 e. The van der Waals surface area contributed by atoms with Crippen LogP contribution in [0.3, 0.4) is 0 Å². The summed E-state index contributed by atoms with van der Waals surface area (Å²) in [7, 11) is 0. The van der Waals surface area contributed by atoms with Crippen LogP contribution >= 0.6 is 15.9 Å². The maximum atomic E-state index is 11.3. The molecule has 0 aromatic rings. The third-order valence-corrected chi connectivity index (χ3v) is 0.807. The summed E-state index contributed by atoms with van der Waals surface area (Å²) >= 11 is 2.28. The summed E-state index contributed by atoms with van der Waals surface area (Å²) < 4.78 is 21.6. The summed E-state index contributed by atoms with van der Waals surface area (Å²) in [6.07, 6.45) is 0. The van der Waals surface area contributed by atoms with Crippen LogP contribution in [0.4, 0.5) is 8.78 Å². The highest BCUT2D eigenvalue weighted by Gasteiger charge is 1.89. The van der Waals surface area contributed by atoms with Gasteiger partial charge in [0.2, 0.25) is 0 Å². The largest absolute Gasteiger partial charge is 0.208 e. The Morgan fingerprint density at radius 3 is 1.67 bits per heavy atom.